The maximum atomic E-state index is 14.0. The third-order valence-electron chi connectivity index (χ3n) is 6.52. The molecule has 2 amide bonds. The summed E-state index contributed by atoms with van der Waals surface area (Å²) >= 11 is 0. The number of rotatable bonds is 9. The van der Waals surface area contributed by atoms with Crippen LogP contribution in [0.15, 0.2) is 72.8 Å². The van der Waals surface area contributed by atoms with Crippen molar-refractivity contribution < 1.29 is 28.6 Å². The van der Waals surface area contributed by atoms with E-state index in [4.69, 9.17) is 19.0 Å². The van der Waals surface area contributed by atoms with E-state index >= 15 is 0 Å². The number of benzene rings is 3. The van der Waals surface area contributed by atoms with Gasteiger partial charge >= 0.3 is 0 Å². The third kappa shape index (κ3) is 4.38. The number of amides is 2. The van der Waals surface area contributed by atoms with Crippen molar-refractivity contribution in [2.24, 2.45) is 5.92 Å². The van der Waals surface area contributed by atoms with Crippen LogP contribution in [0.1, 0.15) is 31.9 Å². The molecule has 8 nitrogen and oxygen atoms in total. The van der Waals surface area contributed by atoms with Crippen LogP contribution in [0.5, 0.6) is 17.2 Å². The Hall–Kier alpha value is -4.04. The van der Waals surface area contributed by atoms with Crippen LogP contribution in [0.4, 0.5) is 11.4 Å². The highest BCUT2D eigenvalue weighted by Crippen LogP contribution is 2.49. The Kier molecular flexibility index (Phi) is 7.01. The summed E-state index contributed by atoms with van der Waals surface area (Å²) < 4.78 is 17.2. The number of hydrogen-bond donors (Lipinski definition) is 0. The number of hydroxylamine groups is 1. The van der Waals surface area contributed by atoms with Crippen LogP contribution in [0.2, 0.25) is 0 Å². The number of para-hydroxylation sites is 3. The summed E-state index contributed by atoms with van der Waals surface area (Å²) in [6, 6.07) is 21.5. The first-order chi connectivity index (χ1) is 18.1. The molecular weight excluding hydrogens is 472 g/mol. The molecule has 0 N–H and O–H groups in total. The largest absolute Gasteiger partial charge is 0.493 e. The number of hydrogen-bond acceptors (Lipinski definition) is 7. The Labute approximate surface area is 216 Å². The highest BCUT2D eigenvalue weighted by molar-refractivity contribution is 6.24. The molecule has 3 atom stereocenters. The summed E-state index contributed by atoms with van der Waals surface area (Å²) in [5.74, 6) is 0.127. The van der Waals surface area contributed by atoms with Gasteiger partial charge < -0.3 is 14.2 Å². The van der Waals surface area contributed by atoms with E-state index in [1.807, 2.05) is 68.4 Å². The summed E-state index contributed by atoms with van der Waals surface area (Å²) in [4.78, 5) is 35.1. The van der Waals surface area contributed by atoms with Crippen molar-refractivity contribution in [2.75, 3.05) is 30.3 Å². The molecule has 192 valence electrons. The number of anilines is 2. The van der Waals surface area contributed by atoms with E-state index in [1.165, 1.54) is 4.90 Å². The van der Waals surface area contributed by atoms with Crippen molar-refractivity contribution in [3.05, 3.63) is 78.4 Å². The van der Waals surface area contributed by atoms with Crippen molar-refractivity contribution in [1.29, 1.82) is 0 Å². The summed E-state index contributed by atoms with van der Waals surface area (Å²) in [5, 5.41) is 1.66. The number of methoxy groups -OCH3 is 1. The number of carbonyl (C=O) groups excluding carboxylic acids is 2. The van der Waals surface area contributed by atoms with Crippen LogP contribution < -0.4 is 24.2 Å². The van der Waals surface area contributed by atoms with E-state index in [0.717, 1.165) is 17.7 Å². The lowest BCUT2D eigenvalue weighted by Crippen LogP contribution is -2.37. The molecule has 2 heterocycles. The number of fused-ring (bicyclic) bond motifs is 1. The first kappa shape index (κ1) is 24.6. The second kappa shape index (κ2) is 10.5. The average molecular weight is 503 g/mol. The highest BCUT2D eigenvalue weighted by Gasteiger charge is 2.60. The van der Waals surface area contributed by atoms with Gasteiger partial charge in [-0.1, -0.05) is 43.3 Å². The van der Waals surface area contributed by atoms with Gasteiger partial charge in [-0.05, 0) is 55.3 Å². The number of imide groups is 1. The molecule has 5 rings (SSSR count). The molecule has 3 aromatic rings. The SMILES string of the molecule is CCCOc1ccc([C@H]2[C@H]3C(=O)N(c4ccccc4OCC)C(=O)[C@H]3ON2c2ccccc2)cc1OC. The summed E-state index contributed by atoms with van der Waals surface area (Å²) in [7, 11) is 1.58. The minimum atomic E-state index is -0.977. The van der Waals surface area contributed by atoms with Gasteiger partial charge in [0.1, 0.15) is 11.7 Å². The predicted octanol–water partition coefficient (Wildman–Crippen LogP) is 4.93. The average Bonchev–Trinajstić information content (AvgIpc) is 3.44. The second-order valence-corrected chi connectivity index (χ2v) is 8.83. The fraction of sp³-hybridized carbons (Fsp3) is 0.310. The summed E-state index contributed by atoms with van der Waals surface area (Å²) in [6.07, 6.45) is -0.114. The van der Waals surface area contributed by atoms with Gasteiger partial charge in [0.15, 0.2) is 17.6 Å². The third-order valence-corrected chi connectivity index (χ3v) is 6.52. The van der Waals surface area contributed by atoms with Gasteiger partial charge in [-0.25, -0.2) is 9.96 Å². The van der Waals surface area contributed by atoms with Crippen molar-refractivity contribution in [2.45, 2.75) is 32.4 Å². The predicted molar refractivity (Wildman–Crippen MR) is 139 cm³/mol. The Bertz CT molecular complexity index is 1280. The zero-order valence-electron chi connectivity index (χ0n) is 21.1. The van der Waals surface area contributed by atoms with Crippen molar-refractivity contribution in [3.8, 4) is 17.2 Å². The zero-order chi connectivity index (χ0) is 25.9. The van der Waals surface area contributed by atoms with Crippen molar-refractivity contribution in [3.63, 3.8) is 0 Å². The molecule has 0 unspecified atom stereocenters. The van der Waals surface area contributed by atoms with Crippen LogP contribution in [-0.4, -0.2) is 38.2 Å². The summed E-state index contributed by atoms with van der Waals surface area (Å²) in [5.41, 5.74) is 1.94. The topological polar surface area (TPSA) is 77.5 Å². The van der Waals surface area contributed by atoms with Gasteiger partial charge in [0, 0.05) is 0 Å². The molecule has 8 heteroatoms. The smallest absolute Gasteiger partial charge is 0.266 e. The lowest BCUT2D eigenvalue weighted by atomic mass is 9.90. The highest BCUT2D eigenvalue weighted by atomic mass is 16.7. The van der Waals surface area contributed by atoms with Crippen LogP contribution in [-0.2, 0) is 14.4 Å². The van der Waals surface area contributed by atoms with Gasteiger partial charge in [-0.2, -0.15) is 0 Å². The zero-order valence-corrected chi connectivity index (χ0v) is 21.1. The van der Waals surface area contributed by atoms with Crippen LogP contribution >= 0.6 is 0 Å². The normalized spacial score (nSPS) is 20.8. The van der Waals surface area contributed by atoms with Gasteiger partial charge in [0.25, 0.3) is 5.91 Å². The van der Waals surface area contributed by atoms with Gasteiger partial charge in [0.05, 0.1) is 37.7 Å². The maximum Gasteiger partial charge on any atom is 0.266 e. The fourth-order valence-corrected chi connectivity index (χ4v) is 4.91. The molecule has 0 aliphatic carbocycles. The Morgan fingerprint density at radius 1 is 0.838 bits per heavy atom. The van der Waals surface area contributed by atoms with Crippen molar-refractivity contribution in [1.82, 2.24) is 0 Å². The second-order valence-electron chi connectivity index (χ2n) is 8.83. The lowest BCUT2D eigenvalue weighted by Gasteiger charge is -2.29. The molecule has 3 aromatic carbocycles. The molecular formula is C29H30N2O6. The van der Waals surface area contributed by atoms with E-state index in [9.17, 15) is 9.59 Å². The molecule has 0 radical (unpaired) electrons. The van der Waals surface area contributed by atoms with Crippen LogP contribution in [0.3, 0.4) is 0 Å². The standard InChI is InChI=1S/C29H30N2O6/c1-4-17-36-23-16-15-19(18-24(23)34-3)26-25-27(37-31(26)20-11-7-6-8-12-20)29(33)30(28(25)32)21-13-9-10-14-22(21)35-5-2/h6-16,18,25-27H,4-5,17H2,1-3H3/t25-,26+,27+/m1/s1. The molecule has 0 saturated carbocycles. The molecule has 0 bridgehead atoms. The molecule has 2 fully saturated rings. The molecule has 0 spiro atoms. The van der Waals surface area contributed by atoms with E-state index in [1.54, 1.807) is 30.4 Å². The number of ether oxygens (including phenoxy) is 3. The van der Waals surface area contributed by atoms with E-state index < -0.39 is 24.0 Å². The molecule has 2 saturated heterocycles. The van der Waals surface area contributed by atoms with Gasteiger partial charge in [-0.3, -0.25) is 14.4 Å². The van der Waals surface area contributed by atoms with Crippen LogP contribution in [0.25, 0.3) is 0 Å². The number of carbonyl (C=O) groups is 2. The molecule has 37 heavy (non-hydrogen) atoms. The Morgan fingerprint density at radius 2 is 1.59 bits per heavy atom. The minimum Gasteiger partial charge on any atom is -0.493 e. The fourth-order valence-electron chi connectivity index (χ4n) is 4.91. The first-order valence-electron chi connectivity index (χ1n) is 12.5. The summed E-state index contributed by atoms with van der Waals surface area (Å²) in [6.45, 7) is 4.86. The monoisotopic (exact) mass is 502 g/mol. The van der Waals surface area contributed by atoms with E-state index in [0.29, 0.717) is 36.1 Å². The quantitative estimate of drug-likeness (QED) is 0.384. The van der Waals surface area contributed by atoms with Gasteiger partial charge in [-0.15, -0.1) is 0 Å². The lowest BCUT2D eigenvalue weighted by molar-refractivity contribution is -0.126. The van der Waals surface area contributed by atoms with Crippen LogP contribution in [0, 0.1) is 5.92 Å². The van der Waals surface area contributed by atoms with E-state index in [-0.39, 0.29) is 5.91 Å². The minimum absolute atomic E-state index is 0.337. The Morgan fingerprint density at radius 3 is 2.32 bits per heavy atom. The molecule has 2 aliphatic rings. The maximum absolute atomic E-state index is 14.0. The van der Waals surface area contributed by atoms with Crippen molar-refractivity contribution >= 4 is 23.2 Å². The number of nitrogens with zero attached hydrogens (tertiary/aromatic N) is 2. The molecule has 2 aliphatic heterocycles. The van der Waals surface area contributed by atoms with E-state index in [2.05, 4.69) is 0 Å². The molecule has 0 aromatic heterocycles. The van der Waals surface area contributed by atoms with Gasteiger partial charge in [0.2, 0.25) is 5.91 Å². The Balaban J connectivity index is 1.57. The first-order valence-corrected chi connectivity index (χ1v) is 12.5.